The first-order valence-electron chi connectivity index (χ1n) is 9.71. The zero-order valence-electron chi connectivity index (χ0n) is 18.0. The maximum Gasteiger partial charge on any atom is 0.330 e. The average Bonchev–Trinajstić information content (AvgIpc) is 3.54. The van der Waals surface area contributed by atoms with E-state index >= 15 is 0 Å². The summed E-state index contributed by atoms with van der Waals surface area (Å²) >= 11 is 0. The van der Waals surface area contributed by atoms with Crippen LogP contribution in [0, 0.1) is 11.8 Å². The molecule has 174 valence electrons. The Morgan fingerprint density at radius 3 is 1.73 bits per heavy atom. The highest BCUT2D eigenvalue weighted by molar-refractivity contribution is 5.81. The summed E-state index contributed by atoms with van der Waals surface area (Å²) in [5.41, 5.74) is 2.11. The lowest BCUT2D eigenvalue weighted by molar-refractivity contribution is -0.134. The monoisotopic (exact) mass is 424 g/mol. The van der Waals surface area contributed by atoms with Crippen molar-refractivity contribution in [3.8, 4) is 0 Å². The second-order valence-electron chi connectivity index (χ2n) is 8.05. The Bertz CT molecular complexity index is 609. The lowest BCUT2D eigenvalue weighted by Crippen LogP contribution is -2.20. The summed E-state index contributed by atoms with van der Waals surface area (Å²) in [7, 11) is 1.37. The van der Waals surface area contributed by atoms with Crippen molar-refractivity contribution in [2.45, 2.75) is 66.6 Å². The minimum absolute atomic E-state index is 0. The minimum Gasteiger partial charge on any atom is -0.466 e. The summed E-state index contributed by atoms with van der Waals surface area (Å²) in [5.74, 6) is 0.234. The molecule has 2 rings (SSSR count). The highest BCUT2D eigenvalue weighted by atomic mass is 16.6. The SMILES string of the molecule is C.C.C=C(C)C[C@]1([C@H](C)/C=C/C(=O)OC)CO1.C=C(C)C[C@]1([C@H](C)/C=C/CO)CO1. The fourth-order valence-electron chi connectivity index (χ4n) is 3.17. The van der Waals surface area contributed by atoms with Crippen LogP contribution in [0.15, 0.2) is 48.6 Å². The summed E-state index contributed by atoms with van der Waals surface area (Å²) in [4.78, 5) is 10.9. The van der Waals surface area contributed by atoms with Crippen LogP contribution in [0.25, 0.3) is 0 Å². The number of carbonyl (C=O) groups is 1. The van der Waals surface area contributed by atoms with E-state index in [0.29, 0.717) is 5.92 Å². The third-order valence-electron chi connectivity index (χ3n) is 5.14. The van der Waals surface area contributed by atoms with Crippen LogP contribution in [0.1, 0.15) is 55.4 Å². The molecule has 0 aromatic rings. The van der Waals surface area contributed by atoms with E-state index in [1.165, 1.54) is 13.2 Å². The molecule has 1 N–H and O–H groups in total. The molecule has 0 saturated carbocycles. The van der Waals surface area contributed by atoms with Gasteiger partial charge in [0.25, 0.3) is 0 Å². The number of hydrogen-bond acceptors (Lipinski definition) is 5. The molecule has 5 nitrogen and oxygen atoms in total. The molecule has 0 aromatic heterocycles. The summed E-state index contributed by atoms with van der Waals surface area (Å²) in [6, 6.07) is 0. The topological polar surface area (TPSA) is 71.6 Å². The summed E-state index contributed by atoms with van der Waals surface area (Å²) in [6.07, 6.45) is 8.83. The zero-order chi connectivity index (χ0) is 21.4. The molecule has 0 spiro atoms. The Kier molecular flexibility index (Phi) is 13.8. The van der Waals surface area contributed by atoms with Crippen LogP contribution in [-0.2, 0) is 19.0 Å². The van der Waals surface area contributed by atoms with Gasteiger partial charge in [0, 0.05) is 17.9 Å². The van der Waals surface area contributed by atoms with E-state index in [1.807, 2.05) is 32.9 Å². The van der Waals surface area contributed by atoms with E-state index < -0.39 is 0 Å². The van der Waals surface area contributed by atoms with Crippen molar-refractivity contribution in [2.24, 2.45) is 11.8 Å². The van der Waals surface area contributed by atoms with Gasteiger partial charge in [0.2, 0.25) is 0 Å². The fourth-order valence-corrected chi connectivity index (χ4v) is 3.17. The van der Waals surface area contributed by atoms with Crippen molar-refractivity contribution in [1.29, 1.82) is 0 Å². The third kappa shape index (κ3) is 9.88. The lowest BCUT2D eigenvalue weighted by atomic mass is 9.89. The van der Waals surface area contributed by atoms with Crippen LogP contribution in [0.4, 0.5) is 0 Å². The maximum absolute atomic E-state index is 10.9. The largest absolute Gasteiger partial charge is 0.466 e. The van der Waals surface area contributed by atoms with Crippen molar-refractivity contribution in [3.63, 3.8) is 0 Å². The van der Waals surface area contributed by atoms with Gasteiger partial charge in [-0.05, 0) is 26.7 Å². The molecule has 2 aliphatic rings. The minimum atomic E-state index is -0.326. The van der Waals surface area contributed by atoms with E-state index in [-0.39, 0.29) is 44.5 Å². The van der Waals surface area contributed by atoms with Crippen molar-refractivity contribution in [1.82, 2.24) is 0 Å². The Morgan fingerprint density at radius 1 is 1.03 bits per heavy atom. The first kappa shape index (κ1) is 30.5. The number of methoxy groups -OCH3 is 1. The molecule has 30 heavy (non-hydrogen) atoms. The molecule has 2 saturated heterocycles. The summed E-state index contributed by atoms with van der Waals surface area (Å²) in [5, 5.41) is 8.64. The first-order chi connectivity index (χ1) is 13.1. The normalized spacial score (nSPS) is 25.8. The molecule has 4 atom stereocenters. The maximum atomic E-state index is 10.9. The van der Waals surface area contributed by atoms with E-state index in [1.54, 1.807) is 6.08 Å². The van der Waals surface area contributed by atoms with Crippen molar-refractivity contribution in [3.05, 3.63) is 48.6 Å². The van der Waals surface area contributed by atoms with Crippen LogP contribution in [-0.4, -0.2) is 49.2 Å². The van der Waals surface area contributed by atoms with Gasteiger partial charge < -0.3 is 19.3 Å². The summed E-state index contributed by atoms with van der Waals surface area (Å²) < 4.78 is 15.5. The number of epoxide rings is 2. The predicted octanol–water partition coefficient (Wildman–Crippen LogP) is 5.27. The van der Waals surface area contributed by atoms with Crippen LogP contribution >= 0.6 is 0 Å². The Labute approximate surface area is 184 Å². The Balaban J connectivity index is 0. The zero-order valence-corrected chi connectivity index (χ0v) is 18.0. The van der Waals surface area contributed by atoms with Gasteiger partial charge in [0.05, 0.1) is 26.9 Å². The highest BCUT2D eigenvalue weighted by Crippen LogP contribution is 2.42. The second kappa shape index (κ2) is 13.6. The molecule has 2 heterocycles. The lowest BCUT2D eigenvalue weighted by Gasteiger charge is -2.16. The second-order valence-corrected chi connectivity index (χ2v) is 8.05. The Morgan fingerprint density at radius 2 is 1.43 bits per heavy atom. The number of carbonyl (C=O) groups excluding carboxylic acids is 1. The number of aliphatic hydroxyl groups is 1. The number of aliphatic hydroxyl groups excluding tert-OH is 1. The molecule has 0 aromatic carbocycles. The molecule has 2 fully saturated rings. The van der Waals surface area contributed by atoms with E-state index in [9.17, 15) is 4.79 Å². The van der Waals surface area contributed by atoms with Gasteiger partial charge in [-0.2, -0.15) is 0 Å². The van der Waals surface area contributed by atoms with Gasteiger partial charge in [-0.1, -0.05) is 58.1 Å². The molecule has 0 radical (unpaired) electrons. The molecule has 0 bridgehead atoms. The van der Waals surface area contributed by atoms with Gasteiger partial charge in [-0.3, -0.25) is 0 Å². The van der Waals surface area contributed by atoms with Crippen LogP contribution in [0.5, 0.6) is 0 Å². The fraction of sp³-hybridized carbons (Fsp3) is 0.640. The van der Waals surface area contributed by atoms with E-state index in [4.69, 9.17) is 14.6 Å². The predicted molar refractivity (Wildman–Crippen MR) is 125 cm³/mol. The molecule has 0 unspecified atom stereocenters. The molecular weight excluding hydrogens is 380 g/mol. The molecule has 0 aliphatic carbocycles. The summed E-state index contributed by atoms with van der Waals surface area (Å²) in [6.45, 7) is 17.6. The van der Waals surface area contributed by atoms with Crippen LogP contribution < -0.4 is 0 Å². The molecule has 2 aliphatic heterocycles. The number of hydrogen-bond donors (Lipinski definition) is 1. The van der Waals surface area contributed by atoms with Gasteiger partial charge >= 0.3 is 5.97 Å². The molecular formula is C25H44O5. The number of esters is 1. The first-order valence-corrected chi connectivity index (χ1v) is 9.71. The standard InChI is InChI=1S/C12H18O3.C11H18O2.2CH4/c1-9(2)7-12(8-15-12)10(3)5-6-11(13)14-4;1-9(2)7-11(8-13-11)10(3)5-4-6-12;;/h5-6,10H,1,7-8H2,2-4H3;4-5,10,12H,1,6-8H2,2-3H3;2*1H4/b6-5+;5-4+;;/t10-,12-;10-,11-;;/m11../s1. The number of rotatable bonds is 10. The average molecular weight is 425 g/mol. The van der Waals surface area contributed by atoms with Gasteiger partial charge in [0.1, 0.15) is 11.2 Å². The molecule has 5 heteroatoms. The van der Waals surface area contributed by atoms with Gasteiger partial charge in [-0.25, -0.2) is 4.79 Å². The Hall–Kier alpha value is -1.69. The van der Waals surface area contributed by atoms with Crippen molar-refractivity contribution in [2.75, 3.05) is 26.9 Å². The van der Waals surface area contributed by atoms with Gasteiger partial charge in [-0.15, -0.1) is 13.2 Å². The van der Waals surface area contributed by atoms with Crippen LogP contribution in [0.2, 0.25) is 0 Å². The van der Waals surface area contributed by atoms with Crippen molar-refractivity contribution < 1.29 is 24.1 Å². The van der Waals surface area contributed by atoms with Crippen molar-refractivity contribution >= 4 is 5.97 Å². The number of ether oxygens (including phenoxy) is 3. The molecule has 0 amide bonds. The van der Waals surface area contributed by atoms with E-state index in [0.717, 1.165) is 37.2 Å². The van der Waals surface area contributed by atoms with E-state index in [2.05, 4.69) is 24.8 Å². The third-order valence-corrected chi connectivity index (χ3v) is 5.14. The quantitative estimate of drug-likeness (QED) is 0.224. The smallest absolute Gasteiger partial charge is 0.330 e. The van der Waals surface area contributed by atoms with Crippen LogP contribution in [0.3, 0.4) is 0 Å². The van der Waals surface area contributed by atoms with Gasteiger partial charge in [0.15, 0.2) is 0 Å². The highest BCUT2D eigenvalue weighted by Gasteiger charge is 2.48.